The molecule has 0 bridgehead atoms. The largest absolute Gasteiger partial charge is 0.480 e. The van der Waals surface area contributed by atoms with Gasteiger partial charge in [-0.15, -0.1) is 0 Å². The lowest BCUT2D eigenvalue weighted by Crippen LogP contribution is -2.50. The predicted molar refractivity (Wildman–Crippen MR) is 132 cm³/mol. The van der Waals surface area contributed by atoms with Crippen LogP contribution in [-0.4, -0.2) is 67.7 Å². The second-order valence-electron chi connectivity index (χ2n) is 9.38. The van der Waals surface area contributed by atoms with Crippen molar-refractivity contribution in [2.75, 3.05) is 18.9 Å². The summed E-state index contributed by atoms with van der Waals surface area (Å²) in [6, 6.07) is 6.73. The van der Waals surface area contributed by atoms with E-state index in [4.69, 9.17) is 19.5 Å². The summed E-state index contributed by atoms with van der Waals surface area (Å²) in [6.45, 7) is 3.49. The molecule has 2 unspecified atom stereocenters. The number of carboxylic acid groups (broad SMARTS) is 1. The minimum absolute atomic E-state index is 0.0507. The van der Waals surface area contributed by atoms with Crippen molar-refractivity contribution in [1.29, 1.82) is 0 Å². The number of benzene rings is 1. The number of carbonyl (C=O) groups is 1. The molecule has 38 heavy (non-hydrogen) atoms. The van der Waals surface area contributed by atoms with Crippen LogP contribution < -0.4 is 15.9 Å². The molecule has 0 radical (unpaired) electrons. The molecule has 3 rings (SSSR count). The summed E-state index contributed by atoms with van der Waals surface area (Å²) in [5.74, 6) is -5.35. The molecule has 2 heterocycles. The van der Waals surface area contributed by atoms with Crippen LogP contribution in [0.3, 0.4) is 0 Å². The molecular formula is C23H31F2N4O8P. The molecule has 1 saturated heterocycles. The molecule has 1 aliphatic rings. The minimum atomic E-state index is -4.63. The van der Waals surface area contributed by atoms with E-state index in [2.05, 4.69) is 4.98 Å². The van der Waals surface area contributed by atoms with Crippen molar-refractivity contribution in [3.05, 3.63) is 53.1 Å². The molecule has 1 aromatic heterocycles. The van der Waals surface area contributed by atoms with E-state index in [1.807, 2.05) is 0 Å². The molecule has 0 aliphatic carbocycles. The number of nitrogen functional groups attached to an aromatic ring is 1. The Morgan fingerprint density at radius 2 is 1.92 bits per heavy atom. The topological polar surface area (TPSA) is 166 Å². The van der Waals surface area contributed by atoms with E-state index in [-0.39, 0.29) is 11.6 Å². The maximum atomic E-state index is 15.9. The first-order chi connectivity index (χ1) is 17.7. The molecule has 4 N–H and O–H groups in total. The number of aliphatic hydroxyl groups excluding tert-OH is 1. The average Bonchev–Trinajstić information content (AvgIpc) is 3.03. The van der Waals surface area contributed by atoms with E-state index in [0.29, 0.717) is 4.57 Å². The Hall–Kier alpha value is -2.90. The van der Waals surface area contributed by atoms with Gasteiger partial charge in [-0.25, -0.2) is 18.1 Å². The lowest BCUT2D eigenvalue weighted by molar-refractivity contribution is -0.154. The fourth-order valence-electron chi connectivity index (χ4n) is 4.19. The molecule has 210 valence electrons. The number of carboxylic acids is 1. The van der Waals surface area contributed by atoms with Crippen molar-refractivity contribution >= 4 is 19.5 Å². The molecule has 0 saturated carbocycles. The van der Waals surface area contributed by atoms with Crippen LogP contribution in [0.1, 0.15) is 33.9 Å². The Kier molecular flexibility index (Phi) is 8.64. The zero-order valence-corrected chi connectivity index (χ0v) is 22.1. The van der Waals surface area contributed by atoms with Gasteiger partial charge in [0.2, 0.25) is 6.23 Å². The van der Waals surface area contributed by atoms with Gasteiger partial charge in [0.05, 0.1) is 24.7 Å². The summed E-state index contributed by atoms with van der Waals surface area (Å²) in [4.78, 5) is 27.6. The Labute approximate surface area is 217 Å². The highest BCUT2D eigenvalue weighted by Gasteiger charge is 2.68. The monoisotopic (exact) mass is 560 g/mol. The quantitative estimate of drug-likeness (QED) is 0.346. The zero-order chi connectivity index (χ0) is 28.5. The number of para-hydroxylation sites is 1. The van der Waals surface area contributed by atoms with Gasteiger partial charge in [-0.3, -0.25) is 13.9 Å². The molecule has 5 atom stereocenters. The number of hydrogen-bond donors (Lipinski definition) is 3. The van der Waals surface area contributed by atoms with Crippen molar-refractivity contribution in [2.24, 2.45) is 5.41 Å². The number of ether oxygens (including phenoxy) is 1. The van der Waals surface area contributed by atoms with E-state index in [1.165, 1.54) is 19.1 Å². The summed E-state index contributed by atoms with van der Waals surface area (Å²) >= 11 is 0. The Morgan fingerprint density at radius 3 is 2.45 bits per heavy atom. The normalized spacial score (nSPS) is 25.3. The fraction of sp³-hybridized carbons (Fsp3) is 0.522. The number of aliphatic carboxylic acids is 1. The van der Waals surface area contributed by atoms with E-state index in [9.17, 15) is 24.4 Å². The number of halogens is 2. The van der Waals surface area contributed by atoms with Gasteiger partial charge in [0.25, 0.3) is 0 Å². The molecule has 1 fully saturated rings. The van der Waals surface area contributed by atoms with Crippen LogP contribution in [0.2, 0.25) is 0 Å². The highest BCUT2D eigenvalue weighted by molar-refractivity contribution is 7.51. The molecule has 1 aromatic carbocycles. The van der Waals surface area contributed by atoms with Gasteiger partial charge < -0.3 is 25.2 Å². The zero-order valence-electron chi connectivity index (χ0n) is 21.2. The van der Waals surface area contributed by atoms with Crippen LogP contribution in [-0.2, 0) is 18.6 Å². The van der Waals surface area contributed by atoms with Crippen molar-refractivity contribution in [2.45, 2.75) is 58.0 Å². The Balaban J connectivity index is 2.03. The number of anilines is 1. The number of aromatic nitrogens is 2. The van der Waals surface area contributed by atoms with E-state index in [1.54, 1.807) is 32.0 Å². The second-order valence-corrected chi connectivity index (χ2v) is 11.2. The summed E-state index contributed by atoms with van der Waals surface area (Å²) in [6.07, 6.45) is -2.79. The third kappa shape index (κ3) is 5.45. The average molecular weight is 560 g/mol. The third-order valence-electron chi connectivity index (χ3n) is 6.40. The van der Waals surface area contributed by atoms with Gasteiger partial charge in [0.15, 0.2) is 0 Å². The summed E-state index contributed by atoms with van der Waals surface area (Å²) in [5, 5.41) is 19.5. The van der Waals surface area contributed by atoms with Gasteiger partial charge in [-0.1, -0.05) is 18.2 Å². The van der Waals surface area contributed by atoms with E-state index >= 15 is 8.78 Å². The van der Waals surface area contributed by atoms with Crippen LogP contribution >= 0.6 is 7.75 Å². The van der Waals surface area contributed by atoms with Gasteiger partial charge in [-0.05, 0) is 45.9 Å². The van der Waals surface area contributed by atoms with Gasteiger partial charge in [0.1, 0.15) is 17.6 Å². The van der Waals surface area contributed by atoms with Gasteiger partial charge >= 0.3 is 25.3 Å². The van der Waals surface area contributed by atoms with Crippen LogP contribution in [0.5, 0.6) is 5.75 Å². The van der Waals surface area contributed by atoms with Gasteiger partial charge in [0, 0.05) is 12.2 Å². The lowest BCUT2D eigenvalue weighted by Gasteiger charge is -2.39. The number of nitrogens with two attached hydrogens (primary N) is 1. The highest BCUT2D eigenvalue weighted by atomic mass is 31.2. The standard InChI is InChI=1S/C23H31F2N4O8P/c1-14(2)29(15(3)19(31)32)38(34,37-16-8-6-5-7-9-16)35-13-22(4)17(12-30)36-20(23(22,24)25)28-11-10-18(26)27-21(28)33/h5-11,14-15,17,20,30H,12-13H2,1-4H3,(H,31,32)(H2,26,27,33)/t15?,17-,20+,22-,38?/m1/s1. The number of rotatable bonds is 11. The van der Waals surface area contributed by atoms with E-state index < -0.39 is 68.4 Å². The van der Waals surface area contributed by atoms with Gasteiger partial charge in [-0.2, -0.15) is 9.65 Å². The molecule has 0 amide bonds. The fourth-order valence-corrected chi connectivity index (χ4v) is 6.38. The highest BCUT2D eigenvalue weighted by Crippen LogP contribution is 2.60. The Bertz CT molecular complexity index is 1250. The molecule has 0 spiro atoms. The first-order valence-corrected chi connectivity index (χ1v) is 13.2. The number of aliphatic hydroxyl groups is 1. The number of nitrogens with zero attached hydrogens (tertiary/aromatic N) is 3. The SMILES string of the molecule is CC(C)N(C(C)C(=O)O)P(=O)(OC[C@]1(C)[C@@H](CO)O[C@H](n2ccc(N)nc2=O)C1(F)F)Oc1ccccc1. The maximum absolute atomic E-state index is 15.9. The third-order valence-corrected chi connectivity index (χ3v) is 8.67. The smallest absolute Gasteiger partial charge is 0.462 e. The summed E-state index contributed by atoms with van der Waals surface area (Å²) in [7, 11) is -4.63. The minimum Gasteiger partial charge on any atom is -0.480 e. The molecule has 12 nitrogen and oxygen atoms in total. The van der Waals surface area contributed by atoms with Crippen molar-refractivity contribution in [1.82, 2.24) is 14.2 Å². The lowest BCUT2D eigenvalue weighted by atomic mass is 9.80. The first kappa shape index (κ1) is 29.7. The first-order valence-electron chi connectivity index (χ1n) is 11.7. The Morgan fingerprint density at radius 1 is 1.29 bits per heavy atom. The van der Waals surface area contributed by atoms with Crippen LogP contribution in [0.15, 0.2) is 47.4 Å². The molecule has 15 heteroatoms. The molecule has 2 aromatic rings. The predicted octanol–water partition coefficient (Wildman–Crippen LogP) is 2.74. The van der Waals surface area contributed by atoms with Crippen molar-refractivity contribution in [3.8, 4) is 5.75 Å². The number of hydrogen-bond acceptors (Lipinski definition) is 9. The van der Waals surface area contributed by atoms with Crippen molar-refractivity contribution in [3.63, 3.8) is 0 Å². The molecule has 1 aliphatic heterocycles. The summed E-state index contributed by atoms with van der Waals surface area (Å²) in [5.41, 5.74) is 2.00. The number of alkyl halides is 2. The van der Waals surface area contributed by atoms with Crippen molar-refractivity contribution < 1.29 is 42.1 Å². The maximum Gasteiger partial charge on any atom is 0.462 e. The summed E-state index contributed by atoms with van der Waals surface area (Å²) < 4.78 is 64.2. The molecular weight excluding hydrogens is 529 g/mol. The van der Waals surface area contributed by atoms with Crippen LogP contribution in [0.4, 0.5) is 14.6 Å². The van der Waals surface area contributed by atoms with E-state index in [0.717, 1.165) is 23.9 Å². The second kappa shape index (κ2) is 11.1. The van der Waals surface area contributed by atoms with Crippen LogP contribution in [0.25, 0.3) is 0 Å². The van der Waals surface area contributed by atoms with Crippen LogP contribution in [0, 0.1) is 5.41 Å².